The van der Waals surface area contributed by atoms with Crippen LogP contribution in [0, 0.1) is 0 Å². The number of piperidine rings is 1. The summed E-state index contributed by atoms with van der Waals surface area (Å²) in [6.45, 7) is 1.02. The van der Waals surface area contributed by atoms with Crippen LogP contribution in [0.15, 0.2) is 72.1 Å². The number of benzene rings is 1. The van der Waals surface area contributed by atoms with Crippen molar-refractivity contribution in [1.82, 2.24) is 18.8 Å². The van der Waals surface area contributed by atoms with Crippen LogP contribution in [0.3, 0.4) is 0 Å². The molecule has 2 aromatic heterocycles. The molecule has 0 N–H and O–H groups in total. The Labute approximate surface area is 153 Å². The molecule has 0 spiro atoms. The normalized spacial score (nSPS) is 16.6. The predicted octanol–water partition coefficient (Wildman–Crippen LogP) is 2.97. The molecule has 0 bridgehead atoms. The number of aromatic nitrogens is 3. The molecule has 134 valence electrons. The van der Waals surface area contributed by atoms with Crippen LogP contribution in [0.4, 0.5) is 0 Å². The first-order chi connectivity index (χ1) is 12.7. The highest BCUT2D eigenvalue weighted by Crippen LogP contribution is 2.30. The van der Waals surface area contributed by atoms with Gasteiger partial charge < -0.3 is 4.57 Å². The highest BCUT2D eigenvalue weighted by molar-refractivity contribution is 7.89. The molecule has 0 aliphatic carbocycles. The molecule has 1 aromatic carbocycles. The summed E-state index contributed by atoms with van der Waals surface area (Å²) in [6.07, 6.45) is 8.80. The monoisotopic (exact) mass is 368 g/mol. The van der Waals surface area contributed by atoms with Crippen molar-refractivity contribution in [2.75, 3.05) is 13.1 Å². The summed E-state index contributed by atoms with van der Waals surface area (Å²) in [5, 5.41) is 0. The number of nitrogens with zero attached hydrogens (tertiary/aromatic N) is 4. The Hall–Kier alpha value is -2.51. The van der Waals surface area contributed by atoms with Gasteiger partial charge in [0.25, 0.3) is 0 Å². The smallest absolute Gasteiger partial charge is 0.243 e. The maximum absolute atomic E-state index is 12.8. The van der Waals surface area contributed by atoms with E-state index in [1.165, 1.54) is 0 Å². The molecule has 1 saturated heterocycles. The standard InChI is InChI=1S/C19H20N4O2S/c24-26(25,18-4-2-1-3-5-18)22-13-8-17(9-14-22)23-15-12-21-19(23)16-6-10-20-11-7-16/h1-7,10-12,15,17H,8-9,13-14H2. The van der Waals surface area contributed by atoms with Gasteiger partial charge in [-0.15, -0.1) is 0 Å². The fourth-order valence-electron chi connectivity index (χ4n) is 3.43. The van der Waals surface area contributed by atoms with E-state index in [9.17, 15) is 8.42 Å². The van der Waals surface area contributed by atoms with Gasteiger partial charge in [0.15, 0.2) is 0 Å². The van der Waals surface area contributed by atoms with Crippen molar-refractivity contribution < 1.29 is 8.42 Å². The molecule has 4 rings (SSSR count). The summed E-state index contributed by atoms with van der Waals surface area (Å²) in [6, 6.07) is 12.8. The second-order valence-electron chi connectivity index (χ2n) is 6.34. The Balaban J connectivity index is 1.51. The predicted molar refractivity (Wildman–Crippen MR) is 98.9 cm³/mol. The minimum atomic E-state index is -3.42. The third kappa shape index (κ3) is 3.15. The van der Waals surface area contributed by atoms with Gasteiger partial charge in [0.05, 0.1) is 4.90 Å². The van der Waals surface area contributed by atoms with Crippen LogP contribution >= 0.6 is 0 Å². The molecule has 7 heteroatoms. The molecule has 3 aromatic rings. The number of hydrogen-bond donors (Lipinski definition) is 0. The van der Waals surface area contributed by atoms with Crippen LogP contribution in [0.5, 0.6) is 0 Å². The van der Waals surface area contributed by atoms with Crippen LogP contribution in [-0.4, -0.2) is 40.3 Å². The molecule has 3 heterocycles. The van der Waals surface area contributed by atoms with Crippen molar-refractivity contribution >= 4 is 10.0 Å². The van der Waals surface area contributed by atoms with Gasteiger partial charge in [-0.2, -0.15) is 4.31 Å². The average Bonchev–Trinajstić information content (AvgIpc) is 3.19. The first-order valence-electron chi connectivity index (χ1n) is 8.65. The van der Waals surface area contributed by atoms with E-state index in [4.69, 9.17) is 0 Å². The summed E-state index contributed by atoms with van der Waals surface area (Å²) < 4.78 is 29.3. The molecular formula is C19H20N4O2S. The van der Waals surface area contributed by atoms with Crippen molar-refractivity contribution in [3.8, 4) is 11.4 Å². The zero-order valence-corrected chi connectivity index (χ0v) is 15.1. The fraction of sp³-hybridized carbons (Fsp3) is 0.263. The van der Waals surface area contributed by atoms with E-state index in [1.807, 2.05) is 24.4 Å². The van der Waals surface area contributed by atoms with E-state index in [2.05, 4.69) is 14.5 Å². The molecule has 0 radical (unpaired) electrons. The lowest BCUT2D eigenvalue weighted by atomic mass is 10.1. The van der Waals surface area contributed by atoms with Crippen LogP contribution in [0.2, 0.25) is 0 Å². The average molecular weight is 368 g/mol. The van der Waals surface area contributed by atoms with Crippen LogP contribution < -0.4 is 0 Å². The summed E-state index contributed by atoms with van der Waals surface area (Å²) in [4.78, 5) is 8.89. The summed E-state index contributed by atoms with van der Waals surface area (Å²) >= 11 is 0. The quantitative estimate of drug-likeness (QED) is 0.710. The molecule has 0 saturated carbocycles. The van der Waals surface area contributed by atoms with E-state index in [0.29, 0.717) is 18.0 Å². The van der Waals surface area contributed by atoms with Gasteiger partial charge in [-0.25, -0.2) is 13.4 Å². The van der Waals surface area contributed by atoms with E-state index in [-0.39, 0.29) is 6.04 Å². The zero-order valence-electron chi connectivity index (χ0n) is 14.3. The molecule has 1 aliphatic heterocycles. The highest BCUT2D eigenvalue weighted by Gasteiger charge is 2.30. The molecular weight excluding hydrogens is 348 g/mol. The molecule has 6 nitrogen and oxygen atoms in total. The lowest BCUT2D eigenvalue weighted by Crippen LogP contribution is -2.39. The molecule has 0 atom stereocenters. The van der Waals surface area contributed by atoms with Crippen LogP contribution in [0.25, 0.3) is 11.4 Å². The second-order valence-corrected chi connectivity index (χ2v) is 8.28. The van der Waals surface area contributed by atoms with E-state index in [0.717, 1.165) is 24.2 Å². The molecule has 1 fully saturated rings. The minimum Gasteiger partial charge on any atom is -0.328 e. The van der Waals surface area contributed by atoms with Gasteiger partial charge in [0, 0.05) is 49.5 Å². The lowest BCUT2D eigenvalue weighted by Gasteiger charge is -2.32. The Morgan fingerprint density at radius 3 is 2.31 bits per heavy atom. The topological polar surface area (TPSA) is 68.1 Å². The number of pyridine rings is 1. The number of sulfonamides is 1. The number of hydrogen-bond acceptors (Lipinski definition) is 4. The van der Waals surface area contributed by atoms with Crippen LogP contribution in [0.1, 0.15) is 18.9 Å². The molecule has 0 amide bonds. The van der Waals surface area contributed by atoms with E-state index in [1.54, 1.807) is 47.2 Å². The number of rotatable bonds is 4. The fourth-order valence-corrected chi connectivity index (χ4v) is 4.93. The first-order valence-corrected chi connectivity index (χ1v) is 10.1. The zero-order chi connectivity index (χ0) is 18.0. The second kappa shape index (κ2) is 7.01. The van der Waals surface area contributed by atoms with Crippen molar-refractivity contribution in [3.63, 3.8) is 0 Å². The summed E-state index contributed by atoms with van der Waals surface area (Å²) in [5.74, 6) is 0.900. The Kier molecular flexibility index (Phi) is 4.57. The Morgan fingerprint density at radius 1 is 0.923 bits per heavy atom. The van der Waals surface area contributed by atoms with Crippen molar-refractivity contribution in [2.24, 2.45) is 0 Å². The highest BCUT2D eigenvalue weighted by atomic mass is 32.2. The van der Waals surface area contributed by atoms with Gasteiger partial charge in [-0.3, -0.25) is 4.98 Å². The third-order valence-electron chi connectivity index (χ3n) is 4.81. The van der Waals surface area contributed by atoms with Crippen molar-refractivity contribution in [1.29, 1.82) is 0 Å². The van der Waals surface area contributed by atoms with Gasteiger partial charge >= 0.3 is 0 Å². The van der Waals surface area contributed by atoms with Crippen molar-refractivity contribution in [2.45, 2.75) is 23.8 Å². The SMILES string of the molecule is O=S(=O)(c1ccccc1)N1CCC(n2ccnc2-c2ccncc2)CC1. The van der Waals surface area contributed by atoms with E-state index >= 15 is 0 Å². The molecule has 0 unspecified atom stereocenters. The molecule has 26 heavy (non-hydrogen) atoms. The van der Waals surface area contributed by atoms with Crippen LogP contribution in [-0.2, 0) is 10.0 Å². The van der Waals surface area contributed by atoms with E-state index < -0.39 is 10.0 Å². The minimum absolute atomic E-state index is 0.239. The third-order valence-corrected chi connectivity index (χ3v) is 6.72. The lowest BCUT2D eigenvalue weighted by molar-refractivity contribution is 0.275. The van der Waals surface area contributed by atoms with Gasteiger partial charge in [0.1, 0.15) is 5.82 Å². The Morgan fingerprint density at radius 2 is 1.62 bits per heavy atom. The van der Waals surface area contributed by atoms with Gasteiger partial charge in [0.2, 0.25) is 10.0 Å². The van der Waals surface area contributed by atoms with Gasteiger partial charge in [-0.05, 0) is 37.1 Å². The first kappa shape index (κ1) is 16.9. The Bertz CT molecular complexity index is 963. The summed E-state index contributed by atoms with van der Waals surface area (Å²) in [7, 11) is -3.42. The number of imidazole rings is 1. The van der Waals surface area contributed by atoms with Gasteiger partial charge in [-0.1, -0.05) is 18.2 Å². The molecule has 1 aliphatic rings. The summed E-state index contributed by atoms with van der Waals surface area (Å²) in [5.41, 5.74) is 1.02. The largest absolute Gasteiger partial charge is 0.328 e. The van der Waals surface area contributed by atoms with Crippen molar-refractivity contribution in [3.05, 3.63) is 67.3 Å². The maximum atomic E-state index is 12.8. The maximum Gasteiger partial charge on any atom is 0.243 e.